The molecule has 0 bridgehead atoms. The van der Waals surface area contributed by atoms with Crippen LogP contribution < -0.4 is 0 Å². The average molecular weight is 383 g/mol. The van der Waals surface area contributed by atoms with Gasteiger partial charge in [0.15, 0.2) is 0 Å². The second kappa shape index (κ2) is 5.73. The lowest BCUT2D eigenvalue weighted by molar-refractivity contribution is 0.827. The van der Waals surface area contributed by atoms with Crippen LogP contribution in [0.15, 0.2) is 84.9 Å². The molecule has 1 nitrogen and oxygen atoms in total. The molecule has 1 heteroatoms. The van der Waals surface area contributed by atoms with Crippen LogP contribution in [0, 0.1) is 0 Å². The molecule has 0 fully saturated rings. The first-order valence-electron chi connectivity index (χ1n) is 10.8. The molecule has 0 radical (unpaired) electrons. The van der Waals surface area contributed by atoms with Crippen molar-refractivity contribution >= 4 is 43.4 Å². The first kappa shape index (κ1) is 16.2. The summed E-state index contributed by atoms with van der Waals surface area (Å²) >= 11 is 0. The lowest BCUT2D eigenvalue weighted by atomic mass is 9.97. The Balaban J connectivity index is 1.65. The summed E-state index contributed by atoms with van der Waals surface area (Å²) in [5.74, 6) is 0. The minimum Gasteiger partial charge on any atom is -0.341 e. The third-order valence-electron chi connectivity index (χ3n) is 6.96. The third-order valence-corrected chi connectivity index (χ3v) is 6.96. The maximum absolute atomic E-state index is 2.49. The summed E-state index contributed by atoms with van der Waals surface area (Å²) in [5, 5.41) is 8.15. The standard InChI is InChI=1S/C29H21N/c1-2-30-26-14-13-19-8-4-6-10-23(19)29(26)25-16-21-15-20-12-11-18-7-3-5-9-22(18)28(20)24(21)17-27(25)30/h3-14,16-17H,2,15H2,1H3. The summed E-state index contributed by atoms with van der Waals surface area (Å²) < 4.78 is 2.49. The number of hydrogen-bond acceptors (Lipinski definition) is 0. The molecular weight excluding hydrogens is 362 g/mol. The van der Waals surface area contributed by atoms with Crippen molar-refractivity contribution < 1.29 is 0 Å². The number of aromatic nitrogens is 1. The van der Waals surface area contributed by atoms with Crippen molar-refractivity contribution in [3.05, 3.63) is 96.1 Å². The molecule has 0 unspecified atom stereocenters. The molecule has 1 heterocycles. The Labute approximate surface area is 175 Å². The highest BCUT2D eigenvalue weighted by Crippen LogP contribution is 2.45. The highest BCUT2D eigenvalue weighted by molar-refractivity contribution is 6.21. The van der Waals surface area contributed by atoms with E-state index in [9.17, 15) is 0 Å². The molecule has 1 aliphatic rings. The van der Waals surface area contributed by atoms with Crippen LogP contribution in [0.1, 0.15) is 18.1 Å². The largest absolute Gasteiger partial charge is 0.341 e. The van der Waals surface area contributed by atoms with Crippen molar-refractivity contribution in [3.8, 4) is 11.1 Å². The molecule has 6 aromatic rings. The Hall–Kier alpha value is -3.58. The van der Waals surface area contributed by atoms with Gasteiger partial charge < -0.3 is 4.57 Å². The molecule has 0 atom stereocenters. The summed E-state index contributed by atoms with van der Waals surface area (Å²) in [7, 11) is 0. The van der Waals surface area contributed by atoms with Gasteiger partial charge in [-0.3, -0.25) is 0 Å². The van der Waals surface area contributed by atoms with Gasteiger partial charge in [-0.1, -0.05) is 66.7 Å². The first-order chi connectivity index (χ1) is 14.8. The lowest BCUT2D eigenvalue weighted by Crippen LogP contribution is -1.93. The van der Waals surface area contributed by atoms with Gasteiger partial charge in [0.1, 0.15) is 0 Å². The number of rotatable bonds is 1. The Kier molecular flexibility index (Phi) is 3.10. The van der Waals surface area contributed by atoms with Gasteiger partial charge >= 0.3 is 0 Å². The monoisotopic (exact) mass is 383 g/mol. The van der Waals surface area contributed by atoms with E-state index in [2.05, 4.69) is 96.4 Å². The molecule has 1 aromatic heterocycles. The predicted molar refractivity (Wildman–Crippen MR) is 128 cm³/mol. The molecule has 1 aliphatic carbocycles. The Morgan fingerprint density at radius 3 is 2.23 bits per heavy atom. The van der Waals surface area contributed by atoms with Crippen molar-refractivity contribution in [1.29, 1.82) is 0 Å². The molecule has 0 saturated carbocycles. The zero-order valence-electron chi connectivity index (χ0n) is 16.9. The van der Waals surface area contributed by atoms with Crippen LogP contribution in [-0.2, 0) is 13.0 Å². The van der Waals surface area contributed by atoms with Crippen LogP contribution in [0.25, 0.3) is 54.5 Å². The van der Waals surface area contributed by atoms with Crippen LogP contribution in [-0.4, -0.2) is 4.57 Å². The van der Waals surface area contributed by atoms with Crippen molar-refractivity contribution in [2.75, 3.05) is 0 Å². The van der Waals surface area contributed by atoms with Gasteiger partial charge in [-0.05, 0) is 75.3 Å². The van der Waals surface area contributed by atoms with E-state index in [0.717, 1.165) is 13.0 Å². The van der Waals surface area contributed by atoms with Crippen LogP contribution >= 0.6 is 0 Å². The van der Waals surface area contributed by atoms with Gasteiger partial charge in [-0.25, -0.2) is 0 Å². The number of fused-ring (bicyclic) bond motifs is 10. The molecule has 7 rings (SSSR count). The predicted octanol–water partition coefficient (Wildman–Crippen LogP) is 7.69. The SMILES string of the molecule is CCn1c2cc3c(cc2c2c4ccccc4ccc21)Cc1ccc2ccccc2c1-3. The quantitative estimate of drug-likeness (QED) is 0.274. The van der Waals surface area contributed by atoms with E-state index >= 15 is 0 Å². The second-order valence-electron chi connectivity index (χ2n) is 8.45. The number of aryl methyl sites for hydroxylation is 1. The molecule has 0 spiro atoms. The van der Waals surface area contributed by atoms with Crippen LogP contribution in [0.5, 0.6) is 0 Å². The average Bonchev–Trinajstić information content (AvgIpc) is 3.32. The molecule has 30 heavy (non-hydrogen) atoms. The number of nitrogens with zero attached hydrogens (tertiary/aromatic N) is 1. The van der Waals surface area contributed by atoms with Gasteiger partial charge in [-0.2, -0.15) is 0 Å². The van der Waals surface area contributed by atoms with Crippen molar-refractivity contribution in [1.82, 2.24) is 4.57 Å². The maximum atomic E-state index is 2.49. The number of benzene rings is 5. The summed E-state index contributed by atoms with van der Waals surface area (Å²) in [6.45, 7) is 3.23. The summed E-state index contributed by atoms with van der Waals surface area (Å²) in [6.07, 6.45) is 1.02. The van der Waals surface area contributed by atoms with Gasteiger partial charge in [0.25, 0.3) is 0 Å². The van der Waals surface area contributed by atoms with Crippen molar-refractivity contribution in [3.63, 3.8) is 0 Å². The first-order valence-corrected chi connectivity index (χ1v) is 10.8. The zero-order chi connectivity index (χ0) is 19.8. The van der Waals surface area contributed by atoms with E-state index in [-0.39, 0.29) is 0 Å². The van der Waals surface area contributed by atoms with Crippen LogP contribution in [0.2, 0.25) is 0 Å². The second-order valence-corrected chi connectivity index (χ2v) is 8.45. The fraction of sp³-hybridized carbons (Fsp3) is 0.103. The topological polar surface area (TPSA) is 4.93 Å². The van der Waals surface area contributed by atoms with Crippen molar-refractivity contribution in [2.45, 2.75) is 19.9 Å². The van der Waals surface area contributed by atoms with E-state index in [1.54, 1.807) is 0 Å². The zero-order valence-corrected chi connectivity index (χ0v) is 16.9. The Morgan fingerprint density at radius 2 is 1.40 bits per heavy atom. The summed E-state index contributed by atoms with van der Waals surface area (Å²) in [6, 6.07) is 31.7. The van der Waals surface area contributed by atoms with Gasteiger partial charge in [0.05, 0.1) is 0 Å². The highest BCUT2D eigenvalue weighted by Gasteiger charge is 2.23. The molecule has 0 N–H and O–H groups in total. The van der Waals surface area contributed by atoms with Gasteiger partial charge in [-0.15, -0.1) is 0 Å². The third kappa shape index (κ3) is 1.97. The normalized spacial score (nSPS) is 12.8. The fourth-order valence-electron chi connectivity index (χ4n) is 5.66. The maximum Gasteiger partial charge on any atom is 0.0497 e. The van der Waals surface area contributed by atoms with Gasteiger partial charge in [0, 0.05) is 28.4 Å². The Morgan fingerprint density at radius 1 is 0.667 bits per heavy atom. The summed E-state index contributed by atoms with van der Waals surface area (Å²) in [5.41, 5.74) is 8.45. The molecule has 0 amide bonds. The van der Waals surface area contributed by atoms with Crippen LogP contribution in [0.4, 0.5) is 0 Å². The molecular formula is C29H21N. The molecule has 5 aromatic carbocycles. The molecule has 0 aliphatic heterocycles. The van der Waals surface area contributed by atoms with E-state index in [0.29, 0.717) is 0 Å². The van der Waals surface area contributed by atoms with E-state index in [4.69, 9.17) is 0 Å². The summed E-state index contributed by atoms with van der Waals surface area (Å²) in [4.78, 5) is 0. The van der Waals surface area contributed by atoms with Crippen LogP contribution in [0.3, 0.4) is 0 Å². The van der Waals surface area contributed by atoms with Gasteiger partial charge in [0.2, 0.25) is 0 Å². The van der Waals surface area contributed by atoms with E-state index in [1.807, 2.05) is 0 Å². The number of hydrogen-bond donors (Lipinski definition) is 0. The minimum atomic E-state index is 0.972. The lowest BCUT2D eigenvalue weighted by Gasteiger charge is -2.08. The molecule has 0 saturated heterocycles. The Bertz CT molecular complexity index is 1650. The highest BCUT2D eigenvalue weighted by atomic mass is 15.0. The minimum absolute atomic E-state index is 0.972. The van der Waals surface area contributed by atoms with E-state index < -0.39 is 0 Å². The van der Waals surface area contributed by atoms with E-state index in [1.165, 1.54) is 65.6 Å². The fourth-order valence-corrected chi connectivity index (χ4v) is 5.66. The molecule has 142 valence electrons. The smallest absolute Gasteiger partial charge is 0.0497 e. The van der Waals surface area contributed by atoms with Crippen molar-refractivity contribution in [2.24, 2.45) is 0 Å².